The molecule has 2 saturated carbocycles. The summed E-state index contributed by atoms with van der Waals surface area (Å²) in [5.74, 6) is 0. The average Bonchev–Trinajstić information content (AvgIpc) is 2.92. The molecule has 0 bridgehead atoms. The number of fused-ring (bicyclic) bond motifs is 1. The Balaban J connectivity index is 1.54. The van der Waals surface area contributed by atoms with Crippen LogP contribution in [-0.4, -0.2) is 11.0 Å². The molecule has 2 aliphatic rings. The molecule has 1 N–H and O–H groups in total. The Morgan fingerprint density at radius 3 is 2.84 bits per heavy atom. The Hall–Kier alpha value is -1.09. The molecule has 0 radical (unpaired) electrons. The first-order valence-corrected chi connectivity index (χ1v) is 8.34. The van der Waals surface area contributed by atoms with Gasteiger partial charge in [-0.2, -0.15) is 0 Å². The van der Waals surface area contributed by atoms with Crippen LogP contribution in [0.25, 0.3) is 10.2 Å². The second-order valence-corrected chi connectivity index (χ2v) is 7.08. The predicted molar refractivity (Wildman–Crippen MR) is 81.8 cm³/mol. The number of hydrogen-bond donors (Lipinski definition) is 1. The number of thiazole rings is 1. The topological polar surface area (TPSA) is 24.9 Å². The molecule has 2 aliphatic carbocycles. The summed E-state index contributed by atoms with van der Waals surface area (Å²) in [5.41, 5.74) is 4.96. The molecule has 1 aromatic carbocycles. The van der Waals surface area contributed by atoms with E-state index < -0.39 is 0 Å². The van der Waals surface area contributed by atoms with Gasteiger partial charge in [0.2, 0.25) is 0 Å². The van der Waals surface area contributed by atoms with Crippen LogP contribution in [0.5, 0.6) is 0 Å². The second-order valence-electron chi connectivity index (χ2n) is 6.19. The zero-order valence-electron chi connectivity index (χ0n) is 11.2. The molecule has 0 amide bonds. The molecule has 1 aromatic heterocycles. The number of hydrogen-bond acceptors (Lipinski definition) is 3. The Morgan fingerprint density at radius 1 is 1.16 bits per heavy atom. The van der Waals surface area contributed by atoms with Gasteiger partial charge >= 0.3 is 0 Å². The summed E-state index contributed by atoms with van der Waals surface area (Å²) in [6.07, 6.45) is 9.98. The highest BCUT2D eigenvalue weighted by Crippen LogP contribution is 2.52. The molecule has 0 saturated heterocycles. The summed E-state index contributed by atoms with van der Waals surface area (Å²) >= 11 is 1.73. The largest absolute Gasteiger partial charge is 0.382 e. The third kappa shape index (κ3) is 1.95. The normalized spacial score (nSPS) is 25.4. The summed E-state index contributed by atoms with van der Waals surface area (Å²) in [7, 11) is 0. The average molecular weight is 272 g/mol. The predicted octanol–water partition coefficient (Wildman–Crippen LogP) is 4.82. The Labute approximate surface area is 118 Å². The molecule has 19 heavy (non-hydrogen) atoms. The van der Waals surface area contributed by atoms with Crippen LogP contribution in [0.3, 0.4) is 0 Å². The van der Waals surface area contributed by atoms with Crippen molar-refractivity contribution in [2.24, 2.45) is 5.41 Å². The van der Waals surface area contributed by atoms with Crippen molar-refractivity contribution in [1.29, 1.82) is 0 Å². The van der Waals surface area contributed by atoms with Crippen LogP contribution in [0, 0.1) is 5.41 Å². The summed E-state index contributed by atoms with van der Waals surface area (Å²) < 4.78 is 1.29. The lowest BCUT2D eigenvalue weighted by Gasteiger charge is -2.52. The lowest BCUT2D eigenvalue weighted by molar-refractivity contribution is 0.0571. The fraction of sp³-hybridized carbons (Fsp3) is 0.562. The number of anilines is 1. The maximum Gasteiger partial charge on any atom is 0.0813 e. The van der Waals surface area contributed by atoms with E-state index in [2.05, 4.69) is 28.5 Å². The molecule has 2 aromatic rings. The van der Waals surface area contributed by atoms with E-state index in [1.165, 1.54) is 55.3 Å². The van der Waals surface area contributed by atoms with Gasteiger partial charge in [-0.05, 0) is 49.3 Å². The van der Waals surface area contributed by atoms with Crippen molar-refractivity contribution in [2.75, 3.05) is 5.32 Å². The van der Waals surface area contributed by atoms with Crippen molar-refractivity contribution in [3.05, 3.63) is 23.7 Å². The van der Waals surface area contributed by atoms with E-state index >= 15 is 0 Å². The molecule has 4 rings (SSSR count). The molecular weight excluding hydrogens is 252 g/mol. The van der Waals surface area contributed by atoms with Gasteiger partial charge in [0.25, 0.3) is 0 Å². The van der Waals surface area contributed by atoms with Gasteiger partial charge in [-0.3, -0.25) is 0 Å². The number of nitrogens with one attached hydrogen (secondary N) is 1. The molecule has 0 aliphatic heterocycles. The molecule has 1 unspecified atom stereocenters. The van der Waals surface area contributed by atoms with Crippen LogP contribution >= 0.6 is 11.3 Å². The van der Waals surface area contributed by atoms with Gasteiger partial charge in [-0.15, -0.1) is 11.3 Å². The zero-order valence-corrected chi connectivity index (χ0v) is 12.0. The van der Waals surface area contributed by atoms with Crippen LogP contribution in [0.15, 0.2) is 23.7 Å². The number of rotatable bonds is 2. The number of aromatic nitrogens is 1. The summed E-state index contributed by atoms with van der Waals surface area (Å²) in [6.45, 7) is 0. The molecule has 1 atom stereocenters. The van der Waals surface area contributed by atoms with E-state index in [0.29, 0.717) is 11.5 Å². The molecule has 1 spiro atoms. The Kier molecular flexibility index (Phi) is 2.76. The quantitative estimate of drug-likeness (QED) is 0.847. The van der Waals surface area contributed by atoms with Crippen molar-refractivity contribution in [3.63, 3.8) is 0 Å². The molecule has 2 fully saturated rings. The van der Waals surface area contributed by atoms with Gasteiger partial charge in [0.1, 0.15) is 0 Å². The summed E-state index contributed by atoms with van der Waals surface area (Å²) in [5, 5.41) is 3.80. The van der Waals surface area contributed by atoms with Crippen LogP contribution in [0.1, 0.15) is 44.9 Å². The maximum absolute atomic E-state index is 4.35. The molecule has 1 heterocycles. The summed E-state index contributed by atoms with van der Waals surface area (Å²) in [4.78, 5) is 4.35. The molecule has 2 nitrogen and oxygen atoms in total. The lowest BCUT2D eigenvalue weighted by Crippen LogP contribution is -2.50. The van der Waals surface area contributed by atoms with Crippen LogP contribution < -0.4 is 5.32 Å². The number of nitrogens with zero attached hydrogens (tertiary/aromatic N) is 1. The third-order valence-electron chi connectivity index (χ3n) is 5.19. The molecule has 100 valence electrons. The van der Waals surface area contributed by atoms with Crippen molar-refractivity contribution in [3.8, 4) is 0 Å². The highest BCUT2D eigenvalue weighted by molar-refractivity contribution is 7.16. The monoisotopic (exact) mass is 272 g/mol. The SMILES string of the molecule is c1nc2ccc(NC3CCC34CCCCC4)cc2s1. The zero-order chi connectivity index (χ0) is 12.7. The standard InChI is InChI=1S/C16H20N2S/c1-2-7-16(8-3-1)9-6-15(16)18-12-4-5-13-14(10-12)19-11-17-13/h4-5,10-11,15,18H,1-3,6-9H2. The van der Waals surface area contributed by atoms with Crippen LogP contribution in [0.2, 0.25) is 0 Å². The van der Waals surface area contributed by atoms with Gasteiger partial charge in [0.05, 0.1) is 15.7 Å². The highest BCUT2D eigenvalue weighted by Gasteiger charge is 2.46. The number of benzene rings is 1. The minimum atomic E-state index is 0.626. The van der Waals surface area contributed by atoms with Gasteiger partial charge in [-0.1, -0.05) is 19.3 Å². The minimum absolute atomic E-state index is 0.626. The first-order chi connectivity index (χ1) is 9.36. The Bertz CT molecular complexity index is 583. The van der Waals surface area contributed by atoms with E-state index in [1.807, 2.05) is 5.51 Å². The van der Waals surface area contributed by atoms with E-state index in [1.54, 1.807) is 11.3 Å². The summed E-state index contributed by atoms with van der Waals surface area (Å²) in [6, 6.07) is 7.30. The fourth-order valence-electron chi connectivity index (χ4n) is 3.92. The minimum Gasteiger partial charge on any atom is -0.382 e. The smallest absolute Gasteiger partial charge is 0.0813 e. The van der Waals surface area contributed by atoms with Crippen molar-refractivity contribution < 1.29 is 0 Å². The van der Waals surface area contributed by atoms with Crippen molar-refractivity contribution >= 4 is 27.2 Å². The molecule has 3 heteroatoms. The van der Waals surface area contributed by atoms with E-state index in [0.717, 1.165) is 5.52 Å². The van der Waals surface area contributed by atoms with Crippen LogP contribution in [0.4, 0.5) is 5.69 Å². The fourth-order valence-corrected chi connectivity index (χ4v) is 4.64. The first-order valence-electron chi connectivity index (χ1n) is 7.46. The van der Waals surface area contributed by atoms with E-state index in [-0.39, 0.29) is 0 Å². The van der Waals surface area contributed by atoms with Crippen LogP contribution in [-0.2, 0) is 0 Å². The van der Waals surface area contributed by atoms with Gasteiger partial charge < -0.3 is 5.32 Å². The maximum atomic E-state index is 4.35. The third-order valence-corrected chi connectivity index (χ3v) is 5.98. The highest BCUT2D eigenvalue weighted by atomic mass is 32.1. The van der Waals surface area contributed by atoms with Gasteiger partial charge in [-0.25, -0.2) is 4.98 Å². The Morgan fingerprint density at radius 2 is 2.05 bits per heavy atom. The lowest BCUT2D eigenvalue weighted by atomic mass is 9.57. The van der Waals surface area contributed by atoms with Gasteiger partial charge in [0.15, 0.2) is 0 Å². The van der Waals surface area contributed by atoms with Crippen molar-refractivity contribution in [1.82, 2.24) is 4.98 Å². The van der Waals surface area contributed by atoms with Gasteiger partial charge in [0, 0.05) is 11.7 Å². The van der Waals surface area contributed by atoms with Crippen molar-refractivity contribution in [2.45, 2.75) is 51.0 Å². The second kappa shape index (κ2) is 4.48. The van der Waals surface area contributed by atoms with E-state index in [9.17, 15) is 0 Å². The first kappa shape index (κ1) is 11.7. The molecular formula is C16H20N2S. The van der Waals surface area contributed by atoms with E-state index in [4.69, 9.17) is 0 Å².